The van der Waals surface area contributed by atoms with Gasteiger partial charge in [0.1, 0.15) is 5.52 Å². The first-order valence-corrected chi connectivity index (χ1v) is 11.5. The molecule has 0 unspecified atom stereocenters. The molecule has 5 rings (SSSR count). The molecule has 164 valence electrons. The number of rotatable bonds is 6. The van der Waals surface area contributed by atoms with Crippen molar-refractivity contribution in [2.24, 2.45) is 5.73 Å². The predicted molar refractivity (Wildman–Crippen MR) is 124 cm³/mol. The lowest BCUT2D eigenvalue weighted by Crippen LogP contribution is -2.39. The van der Waals surface area contributed by atoms with Crippen molar-refractivity contribution >= 4 is 22.9 Å². The van der Waals surface area contributed by atoms with Crippen molar-refractivity contribution in [1.82, 2.24) is 24.8 Å². The summed E-state index contributed by atoms with van der Waals surface area (Å²) in [6.07, 6.45) is 8.10. The lowest BCUT2D eigenvalue weighted by Gasteiger charge is -2.32. The molecule has 8 nitrogen and oxygen atoms in total. The number of aromatic amines is 1. The molecule has 0 atom stereocenters. The predicted octanol–water partition coefficient (Wildman–Crippen LogP) is 3.11. The summed E-state index contributed by atoms with van der Waals surface area (Å²) in [6, 6.07) is 11.8. The molecular formula is C23H32N8. The number of anilines is 2. The highest BCUT2D eigenvalue weighted by molar-refractivity contribution is 5.83. The molecule has 1 saturated carbocycles. The molecule has 0 spiro atoms. The molecule has 8 heteroatoms. The maximum absolute atomic E-state index is 6.05. The standard InChI is InChI=1S/C23H32N8/c24-17-6-8-18(9-7-17)28-23-29-21-20(25-15-26-21)22(30-23)27-19-10-12-31(13-11-19)14-16-4-2-1-3-5-16/h1-5,15,17-19H,6-14,24H2,(H3,25,26,27,28,29,30). The second-order valence-corrected chi connectivity index (χ2v) is 8.93. The number of hydrogen-bond acceptors (Lipinski definition) is 7. The van der Waals surface area contributed by atoms with E-state index in [0.29, 0.717) is 29.7 Å². The number of piperidine rings is 1. The van der Waals surface area contributed by atoms with Crippen LogP contribution in [0.5, 0.6) is 0 Å². The van der Waals surface area contributed by atoms with Crippen LogP contribution >= 0.6 is 0 Å². The molecule has 2 fully saturated rings. The van der Waals surface area contributed by atoms with Crippen molar-refractivity contribution in [3.05, 3.63) is 42.2 Å². The summed E-state index contributed by atoms with van der Waals surface area (Å²) in [5.41, 5.74) is 9.00. The van der Waals surface area contributed by atoms with Gasteiger partial charge < -0.3 is 21.4 Å². The molecule has 1 aliphatic carbocycles. The molecular weight excluding hydrogens is 388 g/mol. The number of likely N-dealkylation sites (tertiary alicyclic amines) is 1. The number of fused-ring (bicyclic) bond motifs is 1. The van der Waals surface area contributed by atoms with Crippen LogP contribution in [0.3, 0.4) is 0 Å². The number of nitrogens with one attached hydrogen (secondary N) is 3. The van der Waals surface area contributed by atoms with Gasteiger partial charge in [-0.1, -0.05) is 30.3 Å². The zero-order valence-electron chi connectivity index (χ0n) is 17.9. The van der Waals surface area contributed by atoms with E-state index in [4.69, 9.17) is 10.7 Å². The Labute approximate surface area is 183 Å². The maximum Gasteiger partial charge on any atom is 0.227 e. The summed E-state index contributed by atoms with van der Waals surface area (Å²) >= 11 is 0. The third-order valence-corrected chi connectivity index (χ3v) is 6.57. The first kappa shape index (κ1) is 20.2. The summed E-state index contributed by atoms with van der Waals surface area (Å²) in [4.78, 5) is 19.5. The number of aromatic nitrogens is 4. The average Bonchev–Trinajstić information content (AvgIpc) is 3.26. The lowest BCUT2D eigenvalue weighted by atomic mass is 9.92. The van der Waals surface area contributed by atoms with E-state index in [0.717, 1.165) is 69.5 Å². The monoisotopic (exact) mass is 420 g/mol. The number of hydrogen-bond donors (Lipinski definition) is 4. The number of benzene rings is 1. The van der Waals surface area contributed by atoms with Gasteiger partial charge in [0.15, 0.2) is 11.5 Å². The van der Waals surface area contributed by atoms with Crippen molar-refractivity contribution in [2.75, 3.05) is 23.7 Å². The zero-order chi connectivity index (χ0) is 21.0. The quantitative estimate of drug-likeness (QED) is 0.485. The summed E-state index contributed by atoms with van der Waals surface area (Å²) in [6.45, 7) is 3.18. The van der Waals surface area contributed by atoms with Crippen molar-refractivity contribution in [3.8, 4) is 0 Å². The number of H-pyrrole nitrogens is 1. The van der Waals surface area contributed by atoms with E-state index >= 15 is 0 Å². The molecule has 1 aromatic carbocycles. The van der Waals surface area contributed by atoms with Gasteiger partial charge in [-0.15, -0.1) is 0 Å². The fraction of sp³-hybridized carbons (Fsp3) is 0.522. The van der Waals surface area contributed by atoms with Gasteiger partial charge in [0.25, 0.3) is 0 Å². The molecule has 5 N–H and O–H groups in total. The van der Waals surface area contributed by atoms with E-state index in [-0.39, 0.29) is 0 Å². The molecule has 3 aromatic rings. The Kier molecular flexibility index (Phi) is 5.99. The SMILES string of the molecule is NC1CCC(Nc2nc(NC3CCN(Cc4ccccc4)CC3)c3[nH]cnc3n2)CC1. The van der Waals surface area contributed by atoms with E-state index < -0.39 is 0 Å². The third-order valence-electron chi connectivity index (χ3n) is 6.57. The van der Waals surface area contributed by atoms with Crippen LogP contribution < -0.4 is 16.4 Å². The van der Waals surface area contributed by atoms with Crippen LogP contribution in [0.2, 0.25) is 0 Å². The summed E-state index contributed by atoms with van der Waals surface area (Å²) < 4.78 is 0. The van der Waals surface area contributed by atoms with E-state index in [9.17, 15) is 0 Å². The smallest absolute Gasteiger partial charge is 0.227 e. The zero-order valence-corrected chi connectivity index (χ0v) is 17.9. The minimum absolute atomic E-state index is 0.331. The summed E-state index contributed by atoms with van der Waals surface area (Å²) in [7, 11) is 0. The van der Waals surface area contributed by atoms with E-state index in [1.165, 1.54) is 5.56 Å². The van der Waals surface area contributed by atoms with Gasteiger partial charge in [0, 0.05) is 37.8 Å². The van der Waals surface area contributed by atoms with Crippen LogP contribution in [-0.2, 0) is 6.54 Å². The Bertz CT molecular complexity index is 972. The van der Waals surface area contributed by atoms with Crippen LogP contribution in [0.25, 0.3) is 11.2 Å². The second-order valence-electron chi connectivity index (χ2n) is 8.93. The maximum atomic E-state index is 6.05. The first-order valence-electron chi connectivity index (χ1n) is 11.5. The van der Waals surface area contributed by atoms with Crippen molar-refractivity contribution in [1.29, 1.82) is 0 Å². The normalized spacial score (nSPS) is 23.1. The van der Waals surface area contributed by atoms with E-state index in [1.807, 2.05) is 0 Å². The Morgan fingerprint density at radius 2 is 1.68 bits per heavy atom. The van der Waals surface area contributed by atoms with Gasteiger partial charge in [-0.2, -0.15) is 9.97 Å². The molecule has 1 saturated heterocycles. The van der Waals surface area contributed by atoms with Crippen molar-refractivity contribution < 1.29 is 0 Å². The highest BCUT2D eigenvalue weighted by Gasteiger charge is 2.23. The van der Waals surface area contributed by atoms with Gasteiger partial charge in [0.05, 0.1) is 6.33 Å². The average molecular weight is 421 g/mol. The van der Waals surface area contributed by atoms with Crippen LogP contribution in [0.15, 0.2) is 36.7 Å². The first-order chi connectivity index (χ1) is 15.2. The molecule has 0 radical (unpaired) electrons. The van der Waals surface area contributed by atoms with Crippen LogP contribution in [-0.4, -0.2) is 56.1 Å². The lowest BCUT2D eigenvalue weighted by molar-refractivity contribution is 0.211. The molecule has 2 aliphatic rings. The van der Waals surface area contributed by atoms with Gasteiger partial charge in [0.2, 0.25) is 5.95 Å². The molecule has 3 heterocycles. The number of nitrogens with two attached hydrogens (primary N) is 1. The summed E-state index contributed by atoms with van der Waals surface area (Å²) in [5.74, 6) is 1.50. The highest BCUT2D eigenvalue weighted by atomic mass is 15.2. The van der Waals surface area contributed by atoms with Crippen molar-refractivity contribution in [3.63, 3.8) is 0 Å². The fourth-order valence-electron chi connectivity index (χ4n) is 4.72. The van der Waals surface area contributed by atoms with E-state index in [1.54, 1.807) is 6.33 Å². The van der Waals surface area contributed by atoms with Crippen LogP contribution in [0, 0.1) is 0 Å². The van der Waals surface area contributed by atoms with Crippen LogP contribution in [0.4, 0.5) is 11.8 Å². The van der Waals surface area contributed by atoms with Gasteiger partial charge in [-0.25, -0.2) is 4.98 Å². The Morgan fingerprint density at radius 3 is 2.45 bits per heavy atom. The van der Waals surface area contributed by atoms with Gasteiger partial charge >= 0.3 is 0 Å². The Hall–Kier alpha value is -2.71. The molecule has 0 bridgehead atoms. The highest BCUT2D eigenvalue weighted by Crippen LogP contribution is 2.25. The minimum atomic E-state index is 0.331. The molecule has 0 amide bonds. The molecule has 1 aliphatic heterocycles. The largest absolute Gasteiger partial charge is 0.365 e. The van der Waals surface area contributed by atoms with Gasteiger partial charge in [-0.05, 0) is 44.1 Å². The Morgan fingerprint density at radius 1 is 0.935 bits per heavy atom. The Balaban J connectivity index is 1.22. The second kappa shape index (κ2) is 9.20. The molecule has 2 aromatic heterocycles. The molecule has 31 heavy (non-hydrogen) atoms. The van der Waals surface area contributed by atoms with E-state index in [2.05, 4.69) is 60.8 Å². The van der Waals surface area contributed by atoms with Crippen LogP contribution in [0.1, 0.15) is 44.1 Å². The van der Waals surface area contributed by atoms with Gasteiger partial charge in [-0.3, -0.25) is 4.90 Å². The summed E-state index contributed by atoms with van der Waals surface area (Å²) in [5, 5.41) is 7.19. The fourth-order valence-corrected chi connectivity index (χ4v) is 4.72. The van der Waals surface area contributed by atoms with Crippen molar-refractivity contribution in [2.45, 2.75) is 63.2 Å². The third kappa shape index (κ3) is 4.97. The number of nitrogens with zero attached hydrogens (tertiary/aromatic N) is 4. The topological polar surface area (TPSA) is 108 Å². The number of imidazole rings is 1. The minimum Gasteiger partial charge on any atom is -0.365 e.